The van der Waals surface area contributed by atoms with Gasteiger partial charge >= 0.3 is 0 Å². The SMILES string of the molecule is CCCCCC[C@@]1(C(=O)N2c3ccccc3C[C@H]2COC)OCCC1=O. The number of ketones is 1. The molecular weight excluding hydrogens is 330 g/mol. The number of Topliss-reactive ketones (excluding diaryl/α,β-unsaturated/α-hetero) is 1. The summed E-state index contributed by atoms with van der Waals surface area (Å²) < 4.78 is 11.2. The first-order valence-electron chi connectivity index (χ1n) is 9.71. The monoisotopic (exact) mass is 359 g/mol. The van der Waals surface area contributed by atoms with E-state index < -0.39 is 5.60 Å². The molecule has 1 saturated heterocycles. The van der Waals surface area contributed by atoms with Gasteiger partial charge in [0.25, 0.3) is 5.91 Å². The third-order valence-electron chi connectivity index (χ3n) is 5.51. The molecule has 0 spiro atoms. The molecular formula is C21H29NO4. The van der Waals surface area contributed by atoms with Crippen molar-refractivity contribution in [1.82, 2.24) is 0 Å². The van der Waals surface area contributed by atoms with Crippen LogP contribution in [-0.4, -0.2) is 43.7 Å². The van der Waals surface area contributed by atoms with Crippen LogP contribution in [0.25, 0.3) is 0 Å². The Balaban J connectivity index is 1.88. The van der Waals surface area contributed by atoms with Crippen molar-refractivity contribution in [1.29, 1.82) is 0 Å². The first-order valence-corrected chi connectivity index (χ1v) is 9.71. The molecule has 2 atom stereocenters. The zero-order chi connectivity index (χ0) is 18.6. The van der Waals surface area contributed by atoms with Gasteiger partial charge in [0.15, 0.2) is 5.78 Å². The van der Waals surface area contributed by atoms with E-state index in [0.717, 1.165) is 43.4 Å². The van der Waals surface area contributed by atoms with Crippen LogP contribution in [-0.2, 0) is 25.5 Å². The van der Waals surface area contributed by atoms with Crippen LogP contribution in [0, 0.1) is 0 Å². The van der Waals surface area contributed by atoms with Gasteiger partial charge in [-0.3, -0.25) is 9.59 Å². The normalized spacial score (nSPS) is 24.9. The number of methoxy groups -OCH3 is 1. The van der Waals surface area contributed by atoms with Gasteiger partial charge in [0, 0.05) is 19.2 Å². The predicted molar refractivity (Wildman–Crippen MR) is 100 cm³/mol. The highest BCUT2D eigenvalue weighted by molar-refractivity contribution is 6.17. The number of carbonyl (C=O) groups excluding carboxylic acids is 2. The molecule has 5 nitrogen and oxygen atoms in total. The van der Waals surface area contributed by atoms with Crippen LogP contribution in [0.1, 0.15) is 51.0 Å². The minimum atomic E-state index is -1.31. The van der Waals surface area contributed by atoms with Crippen LogP contribution < -0.4 is 4.90 Å². The van der Waals surface area contributed by atoms with E-state index in [0.29, 0.717) is 26.1 Å². The van der Waals surface area contributed by atoms with Gasteiger partial charge in [0.05, 0.1) is 19.3 Å². The second kappa shape index (κ2) is 8.31. The summed E-state index contributed by atoms with van der Waals surface area (Å²) in [7, 11) is 1.64. The number of carbonyl (C=O) groups is 2. The van der Waals surface area contributed by atoms with Crippen LogP contribution in [0.3, 0.4) is 0 Å². The Morgan fingerprint density at radius 2 is 2.12 bits per heavy atom. The van der Waals surface area contributed by atoms with E-state index in [1.807, 2.05) is 24.3 Å². The molecule has 2 heterocycles. The molecule has 0 bridgehead atoms. The fourth-order valence-electron chi connectivity index (χ4n) is 4.16. The molecule has 0 unspecified atom stereocenters. The molecule has 1 fully saturated rings. The Hall–Kier alpha value is -1.72. The van der Waals surface area contributed by atoms with Crippen LogP contribution in [0.15, 0.2) is 24.3 Å². The largest absolute Gasteiger partial charge is 0.383 e. The maximum atomic E-state index is 13.6. The summed E-state index contributed by atoms with van der Waals surface area (Å²) in [6.45, 7) is 2.93. The Morgan fingerprint density at radius 1 is 1.31 bits per heavy atom. The van der Waals surface area contributed by atoms with Crippen LogP contribution in [0.2, 0.25) is 0 Å². The first-order chi connectivity index (χ1) is 12.6. The molecule has 2 aliphatic rings. The quantitative estimate of drug-likeness (QED) is 0.528. The second-order valence-electron chi connectivity index (χ2n) is 7.28. The van der Waals surface area contributed by atoms with Crippen molar-refractivity contribution in [2.24, 2.45) is 0 Å². The van der Waals surface area contributed by atoms with Crippen LogP contribution in [0.4, 0.5) is 5.69 Å². The Bertz CT molecular complexity index is 659. The number of nitrogens with zero attached hydrogens (tertiary/aromatic N) is 1. The lowest BCUT2D eigenvalue weighted by molar-refractivity contribution is -0.149. The second-order valence-corrected chi connectivity index (χ2v) is 7.28. The minimum absolute atomic E-state index is 0.0699. The van der Waals surface area contributed by atoms with Crippen LogP contribution in [0.5, 0.6) is 0 Å². The van der Waals surface area contributed by atoms with E-state index in [-0.39, 0.29) is 17.7 Å². The summed E-state index contributed by atoms with van der Waals surface area (Å²) in [5.74, 6) is -0.275. The highest BCUT2D eigenvalue weighted by Gasteiger charge is 2.53. The number of ether oxygens (including phenoxy) is 2. The molecule has 1 aromatic rings. The lowest BCUT2D eigenvalue weighted by atomic mass is 9.89. The molecule has 0 aliphatic carbocycles. The number of benzene rings is 1. The van der Waals surface area contributed by atoms with Gasteiger partial charge in [-0.25, -0.2) is 0 Å². The maximum absolute atomic E-state index is 13.6. The standard InChI is InChI=1S/C21H29NO4/c1-3-4-5-8-12-21(19(23)11-13-26-21)20(24)22-17(15-25-2)14-16-9-6-7-10-18(16)22/h6-7,9-10,17H,3-5,8,11-15H2,1-2H3/t17-,21+/m0/s1. The van der Waals surface area contributed by atoms with Crippen molar-refractivity contribution < 1.29 is 19.1 Å². The topological polar surface area (TPSA) is 55.8 Å². The summed E-state index contributed by atoms with van der Waals surface area (Å²) in [4.78, 5) is 28.1. The number of anilines is 1. The fourth-order valence-corrected chi connectivity index (χ4v) is 4.16. The molecule has 3 rings (SSSR count). The number of rotatable bonds is 8. The summed E-state index contributed by atoms with van der Waals surface area (Å²) in [5.41, 5.74) is 0.697. The summed E-state index contributed by atoms with van der Waals surface area (Å²) in [6.07, 6.45) is 5.61. The van der Waals surface area contributed by atoms with Crippen LogP contribution >= 0.6 is 0 Å². The van der Waals surface area contributed by atoms with Gasteiger partial charge in [-0.05, 0) is 30.9 Å². The Morgan fingerprint density at radius 3 is 2.81 bits per heavy atom. The van der Waals surface area contributed by atoms with E-state index in [2.05, 4.69) is 6.92 Å². The molecule has 5 heteroatoms. The fraction of sp³-hybridized carbons (Fsp3) is 0.619. The smallest absolute Gasteiger partial charge is 0.267 e. The molecule has 0 N–H and O–H groups in total. The Kier molecular flexibility index (Phi) is 6.09. The average molecular weight is 359 g/mol. The molecule has 0 radical (unpaired) electrons. The number of hydrogen-bond donors (Lipinski definition) is 0. The lowest BCUT2D eigenvalue weighted by Crippen LogP contribution is -2.56. The molecule has 1 aromatic carbocycles. The van der Waals surface area contributed by atoms with Crippen molar-refractivity contribution in [2.75, 3.05) is 25.2 Å². The van der Waals surface area contributed by atoms with E-state index in [4.69, 9.17) is 9.47 Å². The zero-order valence-corrected chi connectivity index (χ0v) is 15.8. The van der Waals surface area contributed by atoms with Gasteiger partial charge in [0.1, 0.15) is 0 Å². The van der Waals surface area contributed by atoms with Gasteiger partial charge < -0.3 is 14.4 Å². The lowest BCUT2D eigenvalue weighted by Gasteiger charge is -2.34. The number of para-hydroxylation sites is 1. The summed E-state index contributed by atoms with van der Waals surface area (Å²) in [6, 6.07) is 7.81. The van der Waals surface area contributed by atoms with Gasteiger partial charge in [-0.1, -0.05) is 44.4 Å². The third kappa shape index (κ3) is 3.42. The van der Waals surface area contributed by atoms with Crippen molar-refractivity contribution in [3.63, 3.8) is 0 Å². The highest BCUT2D eigenvalue weighted by Crippen LogP contribution is 2.38. The van der Waals surface area contributed by atoms with E-state index in [9.17, 15) is 9.59 Å². The van der Waals surface area contributed by atoms with Crippen molar-refractivity contribution in [3.8, 4) is 0 Å². The molecule has 0 aromatic heterocycles. The first kappa shape index (κ1) is 19.1. The Labute approximate surface area is 155 Å². The summed E-state index contributed by atoms with van der Waals surface area (Å²) >= 11 is 0. The molecule has 142 valence electrons. The van der Waals surface area contributed by atoms with Gasteiger partial charge in [-0.15, -0.1) is 0 Å². The van der Waals surface area contributed by atoms with Crippen molar-refractivity contribution in [2.45, 2.75) is 63.5 Å². The van der Waals surface area contributed by atoms with E-state index in [1.54, 1.807) is 12.0 Å². The highest BCUT2D eigenvalue weighted by atomic mass is 16.5. The number of amides is 1. The van der Waals surface area contributed by atoms with Crippen molar-refractivity contribution in [3.05, 3.63) is 29.8 Å². The predicted octanol–water partition coefficient (Wildman–Crippen LogP) is 3.29. The number of unbranched alkanes of at least 4 members (excludes halogenated alkanes) is 3. The number of hydrogen-bond acceptors (Lipinski definition) is 4. The molecule has 0 saturated carbocycles. The van der Waals surface area contributed by atoms with E-state index in [1.165, 1.54) is 0 Å². The zero-order valence-electron chi connectivity index (χ0n) is 15.8. The molecule has 26 heavy (non-hydrogen) atoms. The van der Waals surface area contributed by atoms with Gasteiger partial charge in [0.2, 0.25) is 5.60 Å². The van der Waals surface area contributed by atoms with E-state index >= 15 is 0 Å². The summed E-state index contributed by atoms with van der Waals surface area (Å²) in [5, 5.41) is 0. The number of fused-ring (bicyclic) bond motifs is 1. The van der Waals surface area contributed by atoms with Crippen molar-refractivity contribution >= 4 is 17.4 Å². The minimum Gasteiger partial charge on any atom is -0.383 e. The molecule has 1 amide bonds. The third-order valence-corrected chi connectivity index (χ3v) is 5.51. The molecule has 2 aliphatic heterocycles. The average Bonchev–Trinajstić information content (AvgIpc) is 3.19. The van der Waals surface area contributed by atoms with Gasteiger partial charge in [-0.2, -0.15) is 0 Å². The maximum Gasteiger partial charge on any atom is 0.267 e.